The fourth-order valence-corrected chi connectivity index (χ4v) is 7.47. The molecule has 0 radical (unpaired) electrons. The molecule has 1 aliphatic heterocycles. The van der Waals surface area contributed by atoms with E-state index in [-0.39, 0.29) is 6.71 Å². The van der Waals surface area contributed by atoms with Gasteiger partial charge in [0.15, 0.2) is 11.6 Å². The molecule has 0 N–H and O–H groups in total. The van der Waals surface area contributed by atoms with Gasteiger partial charge in [-0.15, -0.1) is 0 Å². The molecule has 5 heteroatoms. The highest BCUT2D eigenvalue weighted by Gasteiger charge is 2.41. The molecule has 0 spiro atoms. The van der Waals surface area contributed by atoms with E-state index in [1.807, 2.05) is 12.1 Å². The lowest BCUT2D eigenvalue weighted by Crippen LogP contribution is -2.47. The van der Waals surface area contributed by atoms with Crippen LogP contribution in [0.5, 0.6) is 0 Å². The standard InChI is InChI=1S/C39H29BN4/c1-4-14-26(15-5-1)37-41-38(27-16-6-2-7-17-27)43-39(42-37)40-32-22-12-10-20-29(32)30-24-25-34-35(36(30)40)31-21-11-13-23-33(31)44(34)28-18-8-3-9-19-28/h1-9,11,13-19,21,23-25H,10,12,20,22H2. The first-order chi connectivity index (χ1) is 21.8. The Balaban J connectivity index is 1.36. The zero-order valence-electron chi connectivity index (χ0n) is 24.3. The van der Waals surface area contributed by atoms with Crippen LogP contribution >= 0.6 is 0 Å². The maximum atomic E-state index is 5.29. The molecule has 0 atom stereocenters. The first kappa shape index (κ1) is 25.2. The van der Waals surface area contributed by atoms with Crippen LogP contribution in [0.2, 0.25) is 0 Å². The van der Waals surface area contributed by atoms with E-state index in [9.17, 15) is 0 Å². The van der Waals surface area contributed by atoms with Gasteiger partial charge in [-0.3, -0.25) is 0 Å². The molecule has 4 nitrogen and oxygen atoms in total. The SMILES string of the molecule is c1ccc(-c2nc(B3C4=C(CCCC4)c4ccc5c(c43)c3ccccc3n5-c3ccccc3)nc(-c3ccccc3)n2)cc1. The fraction of sp³-hybridized carbons (Fsp3) is 0.103. The summed E-state index contributed by atoms with van der Waals surface area (Å²) in [4.78, 5) is 15.6. The molecular formula is C39H29BN4. The molecule has 2 aliphatic rings. The van der Waals surface area contributed by atoms with Gasteiger partial charge in [-0.1, -0.05) is 109 Å². The van der Waals surface area contributed by atoms with Gasteiger partial charge in [0.2, 0.25) is 0 Å². The first-order valence-electron chi connectivity index (χ1n) is 15.6. The third-order valence-electron chi connectivity index (χ3n) is 9.34. The summed E-state index contributed by atoms with van der Waals surface area (Å²) >= 11 is 0. The molecule has 9 rings (SSSR count). The van der Waals surface area contributed by atoms with Gasteiger partial charge in [0.05, 0.1) is 11.0 Å². The Kier molecular flexibility index (Phi) is 5.83. The molecule has 0 unspecified atom stereocenters. The number of hydrogen-bond donors (Lipinski definition) is 0. The third-order valence-corrected chi connectivity index (χ3v) is 9.34. The highest BCUT2D eigenvalue weighted by molar-refractivity contribution is 6.94. The Morgan fingerprint density at radius 3 is 1.86 bits per heavy atom. The quantitative estimate of drug-likeness (QED) is 0.205. The molecule has 5 aromatic carbocycles. The zero-order valence-corrected chi connectivity index (χ0v) is 24.3. The lowest BCUT2D eigenvalue weighted by molar-refractivity contribution is 0.734. The van der Waals surface area contributed by atoms with Crippen LogP contribution < -0.4 is 11.2 Å². The summed E-state index contributed by atoms with van der Waals surface area (Å²) in [6.07, 6.45) is 4.58. The summed E-state index contributed by atoms with van der Waals surface area (Å²) < 4.78 is 2.41. The van der Waals surface area contributed by atoms with E-state index in [2.05, 4.69) is 120 Å². The van der Waals surface area contributed by atoms with Crippen molar-refractivity contribution in [3.63, 3.8) is 0 Å². The van der Waals surface area contributed by atoms with Gasteiger partial charge in [0, 0.05) is 27.6 Å². The Morgan fingerprint density at radius 2 is 1.16 bits per heavy atom. The molecule has 7 aromatic rings. The van der Waals surface area contributed by atoms with Crippen molar-refractivity contribution in [3.05, 3.63) is 138 Å². The lowest BCUT2D eigenvalue weighted by Gasteiger charge is -2.18. The van der Waals surface area contributed by atoms with E-state index in [1.165, 1.54) is 62.4 Å². The first-order valence-corrected chi connectivity index (χ1v) is 15.6. The van der Waals surface area contributed by atoms with Crippen LogP contribution in [0.15, 0.2) is 133 Å². The van der Waals surface area contributed by atoms with E-state index >= 15 is 0 Å². The molecule has 1 aliphatic carbocycles. The molecule has 3 heterocycles. The minimum absolute atomic E-state index is 0.0213. The average Bonchev–Trinajstić information content (AvgIpc) is 3.62. The van der Waals surface area contributed by atoms with Crippen LogP contribution in [0.3, 0.4) is 0 Å². The Labute approximate surface area is 256 Å². The van der Waals surface area contributed by atoms with Crippen LogP contribution in [-0.4, -0.2) is 26.2 Å². The highest BCUT2D eigenvalue weighted by atomic mass is 15.0. The van der Waals surface area contributed by atoms with E-state index in [4.69, 9.17) is 15.0 Å². The number of nitrogens with zero attached hydrogens (tertiary/aromatic N) is 4. The Bertz CT molecular complexity index is 2160. The predicted octanol–water partition coefficient (Wildman–Crippen LogP) is 7.79. The maximum absolute atomic E-state index is 5.29. The highest BCUT2D eigenvalue weighted by Crippen LogP contribution is 2.42. The van der Waals surface area contributed by atoms with E-state index in [0.717, 1.165) is 41.3 Å². The number of allylic oxidation sites excluding steroid dienone is 2. The minimum Gasteiger partial charge on any atom is -0.309 e. The number of aromatic nitrogens is 4. The number of para-hydroxylation sites is 2. The van der Waals surface area contributed by atoms with Crippen molar-refractivity contribution in [2.45, 2.75) is 25.7 Å². The zero-order chi connectivity index (χ0) is 29.0. The van der Waals surface area contributed by atoms with Crippen molar-refractivity contribution in [3.8, 4) is 28.5 Å². The summed E-state index contributed by atoms with van der Waals surface area (Å²) in [6.45, 7) is -0.0213. The topological polar surface area (TPSA) is 43.6 Å². The van der Waals surface area contributed by atoms with E-state index in [1.54, 1.807) is 0 Å². The van der Waals surface area contributed by atoms with Gasteiger partial charge in [-0.25, -0.2) is 15.0 Å². The van der Waals surface area contributed by atoms with Crippen LogP contribution in [0.1, 0.15) is 31.2 Å². The second-order valence-corrected chi connectivity index (χ2v) is 11.8. The maximum Gasteiger partial charge on any atom is 0.288 e. The Morgan fingerprint density at radius 1 is 0.545 bits per heavy atom. The summed E-state index contributed by atoms with van der Waals surface area (Å²) in [7, 11) is 0. The van der Waals surface area contributed by atoms with Gasteiger partial charge in [-0.2, -0.15) is 0 Å². The predicted molar refractivity (Wildman–Crippen MR) is 182 cm³/mol. The summed E-state index contributed by atoms with van der Waals surface area (Å²) in [5.74, 6) is 1.44. The second-order valence-electron chi connectivity index (χ2n) is 11.8. The van der Waals surface area contributed by atoms with Crippen molar-refractivity contribution in [1.82, 2.24) is 19.5 Å². The number of fused-ring (bicyclic) bond motifs is 6. The Hall–Kier alpha value is -5.29. The molecule has 0 fully saturated rings. The second kappa shape index (κ2) is 10.2. The average molecular weight is 565 g/mol. The molecule has 2 aromatic heterocycles. The van der Waals surface area contributed by atoms with Gasteiger partial charge in [-0.05, 0) is 66.5 Å². The number of hydrogen-bond acceptors (Lipinski definition) is 3. The summed E-state index contributed by atoms with van der Waals surface area (Å²) in [5, 5.41) is 2.58. The van der Waals surface area contributed by atoms with Crippen molar-refractivity contribution in [1.29, 1.82) is 0 Å². The fourth-order valence-electron chi connectivity index (χ4n) is 7.47. The molecule has 0 bridgehead atoms. The van der Waals surface area contributed by atoms with Crippen LogP contribution in [0.4, 0.5) is 0 Å². The molecular weight excluding hydrogens is 535 g/mol. The van der Waals surface area contributed by atoms with Crippen LogP contribution in [0.25, 0.3) is 55.8 Å². The molecule has 0 amide bonds. The monoisotopic (exact) mass is 564 g/mol. The normalized spacial score (nSPS) is 14.3. The number of benzene rings is 5. The van der Waals surface area contributed by atoms with Gasteiger partial charge < -0.3 is 4.57 Å². The molecule has 208 valence electrons. The van der Waals surface area contributed by atoms with Gasteiger partial charge in [0.1, 0.15) is 5.72 Å². The van der Waals surface area contributed by atoms with Crippen molar-refractivity contribution in [2.24, 2.45) is 0 Å². The van der Waals surface area contributed by atoms with Crippen molar-refractivity contribution >= 4 is 45.3 Å². The summed E-state index contributed by atoms with van der Waals surface area (Å²) in [5.41, 5.74) is 12.2. The van der Waals surface area contributed by atoms with Crippen LogP contribution in [-0.2, 0) is 0 Å². The largest absolute Gasteiger partial charge is 0.309 e. The van der Waals surface area contributed by atoms with Crippen molar-refractivity contribution < 1.29 is 0 Å². The van der Waals surface area contributed by atoms with Crippen molar-refractivity contribution in [2.75, 3.05) is 0 Å². The van der Waals surface area contributed by atoms with E-state index < -0.39 is 0 Å². The van der Waals surface area contributed by atoms with Crippen LogP contribution in [0, 0.1) is 0 Å². The number of rotatable bonds is 4. The lowest BCUT2D eigenvalue weighted by atomic mass is 9.39. The summed E-state index contributed by atoms with van der Waals surface area (Å²) in [6, 6.07) is 44.9. The molecule has 0 saturated carbocycles. The van der Waals surface area contributed by atoms with E-state index in [0.29, 0.717) is 0 Å². The molecule has 0 saturated heterocycles. The molecule has 44 heavy (non-hydrogen) atoms. The smallest absolute Gasteiger partial charge is 0.288 e. The van der Waals surface area contributed by atoms with Gasteiger partial charge in [0.25, 0.3) is 6.71 Å². The third kappa shape index (κ3) is 3.89. The minimum atomic E-state index is -0.0213. The van der Waals surface area contributed by atoms with Gasteiger partial charge >= 0.3 is 0 Å².